The van der Waals surface area contributed by atoms with Crippen LogP contribution in [0.4, 0.5) is 4.79 Å². The Balaban J connectivity index is 2.93. The minimum absolute atomic E-state index is 0.232. The Morgan fingerprint density at radius 2 is 1.95 bits per heavy atom. The van der Waals surface area contributed by atoms with Gasteiger partial charge in [-0.15, -0.1) is 0 Å². The molecule has 0 saturated carbocycles. The van der Waals surface area contributed by atoms with Gasteiger partial charge in [0.1, 0.15) is 5.60 Å². The van der Waals surface area contributed by atoms with Gasteiger partial charge < -0.3 is 4.74 Å². The van der Waals surface area contributed by atoms with Gasteiger partial charge in [-0.1, -0.05) is 37.9 Å². The summed E-state index contributed by atoms with van der Waals surface area (Å²) in [6.45, 7) is 14.1. The third-order valence-electron chi connectivity index (χ3n) is 3.28. The molecule has 0 radical (unpaired) electrons. The average molecular weight is 324 g/mol. The highest BCUT2D eigenvalue weighted by Crippen LogP contribution is 2.27. The highest BCUT2D eigenvalue weighted by atomic mass is 28.3. The Hall–Kier alpha value is -1.36. The van der Waals surface area contributed by atoms with Gasteiger partial charge in [-0.25, -0.2) is 9.69 Å². The molecule has 1 aliphatic rings. The van der Waals surface area contributed by atoms with Crippen molar-refractivity contribution >= 4 is 20.1 Å². The summed E-state index contributed by atoms with van der Waals surface area (Å²) in [6, 6.07) is 0.801. The van der Waals surface area contributed by atoms with E-state index in [2.05, 4.69) is 25.7 Å². The summed E-state index contributed by atoms with van der Waals surface area (Å²) in [4.78, 5) is 26.0. The minimum Gasteiger partial charge on any atom is -0.443 e. The monoisotopic (exact) mass is 323 g/mol. The SMILES string of the molecule is C/C=C1\CC(/C=C\C[Si](C)(C)C)N(C(=O)OC(C)(C)C)C1=O. The first-order chi connectivity index (χ1) is 9.94. The number of allylic oxidation sites excluding steroid dienone is 2. The van der Waals surface area contributed by atoms with Crippen LogP contribution >= 0.6 is 0 Å². The molecule has 1 rings (SSSR count). The van der Waals surface area contributed by atoms with Crippen LogP contribution in [0.25, 0.3) is 0 Å². The molecular formula is C17H29NO3Si. The van der Waals surface area contributed by atoms with E-state index < -0.39 is 19.8 Å². The van der Waals surface area contributed by atoms with Gasteiger partial charge in [0.15, 0.2) is 0 Å². The van der Waals surface area contributed by atoms with Crippen molar-refractivity contribution in [3.05, 3.63) is 23.8 Å². The third kappa shape index (κ3) is 5.44. The zero-order valence-corrected chi connectivity index (χ0v) is 15.9. The highest BCUT2D eigenvalue weighted by Gasteiger charge is 2.40. The second-order valence-electron chi connectivity index (χ2n) is 7.93. The first-order valence-corrected chi connectivity index (χ1v) is 11.5. The predicted molar refractivity (Wildman–Crippen MR) is 92.5 cm³/mol. The minimum atomic E-state index is -1.18. The quantitative estimate of drug-likeness (QED) is 0.440. The summed E-state index contributed by atoms with van der Waals surface area (Å²) in [5.41, 5.74) is 0.0660. The molecule has 1 atom stereocenters. The lowest BCUT2D eigenvalue weighted by Crippen LogP contribution is -2.41. The summed E-state index contributed by atoms with van der Waals surface area (Å²) < 4.78 is 5.38. The maximum atomic E-state index is 12.4. The van der Waals surface area contributed by atoms with Crippen molar-refractivity contribution in [1.29, 1.82) is 0 Å². The Bertz CT molecular complexity index is 495. The van der Waals surface area contributed by atoms with Gasteiger partial charge in [0, 0.05) is 20.1 Å². The zero-order chi connectivity index (χ0) is 17.1. The first kappa shape index (κ1) is 18.7. The number of hydrogen-bond donors (Lipinski definition) is 0. The maximum Gasteiger partial charge on any atom is 0.417 e. The van der Waals surface area contributed by atoms with E-state index in [1.165, 1.54) is 4.90 Å². The van der Waals surface area contributed by atoms with Crippen molar-refractivity contribution in [2.45, 2.75) is 71.4 Å². The molecular weight excluding hydrogens is 294 g/mol. The van der Waals surface area contributed by atoms with E-state index in [0.717, 1.165) is 6.04 Å². The molecule has 0 N–H and O–H groups in total. The first-order valence-electron chi connectivity index (χ1n) is 7.83. The molecule has 124 valence electrons. The summed E-state index contributed by atoms with van der Waals surface area (Å²) in [7, 11) is -1.18. The van der Waals surface area contributed by atoms with Crippen LogP contribution in [0.15, 0.2) is 23.8 Å². The third-order valence-corrected chi connectivity index (χ3v) is 4.74. The molecule has 5 heteroatoms. The number of hydrogen-bond acceptors (Lipinski definition) is 3. The normalized spacial score (nSPS) is 22.0. The van der Waals surface area contributed by atoms with E-state index in [4.69, 9.17) is 4.74 Å². The Morgan fingerprint density at radius 3 is 2.41 bits per heavy atom. The molecule has 0 aromatic rings. The molecule has 1 saturated heterocycles. The van der Waals surface area contributed by atoms with Crippen LogP contribution in [-0.2, 0) is 9.53 Å². The lowest BCUT2D eigenvalue weighted by atomic mass is 10.1. The number of amides is 2. The van der Waals surface area contributed by atoms with Gasteiger partial charge in [0.05, 0.1) is 6.04 Å². The van der Waals surface area contributed by atoms with E-state index in [9.17, 15) is 9.59 Å². The predicted octanol–water partition coefficient (Wildman–Crippen LogP) is 4.36. The number of ether oxygens (including phenoxy) is 1. The zero-order valence-electron chi connectivity index (χ0n) is 14.9. The number of carbonyl (C=O) groups is 2. The summed E-state index contributed by atoms with van der Waals surface area (Å²) in [5.74, 6) is -0.237. The molecule has 0 aromatic heterocycles. The molecule has 0 aromatic carbocycles. The van der Waals surface area contributed by atoms with Crippen LogP contribution < -0.4 is 0 Å². The molecule has 1 unspecified atom stereocenters. The van der Waals surface area contributed by atoms with Crippen LogP contribution in [0.3, 0.4) is 0 Å². The fraction of sp³-hybridized carbons (Fsp3) is 0.647. The van der Waals surface area contributed by atoms with Gasteiger partial charge in [-0.2, -0.15) is 0 Å². The highest BCUT2D eigenvalue weighted by molar-refractivity contribution is 6.76. The van der Waals surface area contributed by atoms with Gasteiger partial charge >= 0.3 is 6.09 Å². The fourth-order valence-electron chi connectivity index (χ4n) is 2.21. The smallest absolute Gasteiger partial charge is 0.417 e. The summed E-state index contributed by atoms with van der Waals surface area (Å²) in [6.07, 6.45) is 5.89. The van der Waals surface area contributed by atoms with Crippen LogP contribution in [0, 0.1) is 0 Å². The van der Waals surface area contributed by atoms with Crippen LogP contribution in [0.2, 0.25) is 25.7 Å². The van der Waals surface area contributed by atoms with Crippen molar-refractivity contribution in [3.8, 4) is 0 Å². The Morgan fingerprint density at radius 1 is 1.36 bits per heavy atom. The second-order valence-corrected chi connectivity index (χ2v) is 13.5. The topological polar surface area (TPSA) is 46.6 Å². The van der Waals surface area contributed by atoms with Gasteiger partial charge in [-0.05, 0) is 33.7 Å². The lowest BCUT2D eigenvalue weighted by Gasteiger charge is -2.26. The van der Waals surface area contributed by atoms with Crippen LogP contribution in [0.5, 0.6) is 0 Å². The molecule has 0 spiro atoms. The van der Waals surface area contributed by atoms with E-state index in [0.29, 0.717) is 12.0 Å². The number of nitrogens with zero attached hydrogens (tertiary/aromatic N) is 1. The van der Waals surface area contributed by atoms with Crippen molar-refractivity contribution in [2.24, 2.45) is 0 Å². The average Bonchev–Trinajstić information content (AvgIpc) is 2.61. The van der Waals surface area contributed by atoms with E-state index in [1.807, 2.05) is 13.0 Å². The van der Waals surface area contributed by atoms with Crippen molar-refractivity contribution in [1.82, 2.24) is 4.90 Å². The summed E-state index contributed by atoms with van der Waals surface area (Å²) >= 11 is 0. The lowest BCUT2D eigenvalue weighted by molar-refractivity contribution is -0.124. The fourth-order valence-corrected chi connectivity index (χ4v) is 3.06. The van der Waals surface area contributed by atoms with Crippen LogP contribution in [-0.4, -0.2) is 36.6 Å². The molecule has 1 aliphatic heterocycles. The molecule has 0 aliphatic carbocycles. The molecule has 1 heterocycles. The van der Waals surface area contributed by atoms with Gasteiger partial charge in [0.25, 0.3) is 5.91 Å². The number of rotatable bonds is 3. The number of imide groups is 1. The molecule has 22 heavy (non-hydrogen) atoms. The largest absolute Gasteiger partial charge is 0.443 e. The maximum absolute atomic E-state index is 12.4. The molecule has 1 fully saturated rings. The second kappa shape index (κ2) is 6.81. The van der Waals surface area contributed by atoms with Crippen LogP contribution in [0.1, 0.15) is 34.1 Å². The molecule has 0 bridgehead atoms. The number of carbonyl (C=O) groups excluding carboxylic acids is 2. The summed E-state index contributed by atoms with van der Waals surface area (Å²) in [5, 5.41) is 0. The standard InChI is InChI=1S/C17H29NO3Si/c1-8-13-12-14(10-9-11-22(5,6)7)18(15(13)19)16(20)21-17(2,3)4/h8-10,14H,11-12H2,1-7H3/b10-9-,13-8+. The number of likely N-dealkylation sites (tertiary alicyclic amines) is 1. The van der Waals surface area contributed by atoms with E-state index >= 15 is 0 Å². The van der Waals surface area contributed by atoms with E-state index in [-0.39, 0.29) is 11.9 Å². The van der Waals surface area contributed by atoms with Gasteiger partial charge in [-0.3, -0.25) is 4.79 Å². The van der Waals surface area contributed by atoms with Crippen molar-refractivity contribution in [3.63, 3.8) is 0 Å². The Kier molecular flexibility index (Phi) is 5.79. The van der Waals surface area contributed by atoms with E-state index in [1.54, 1.807) is 26.8 Å². The van der Waals surface area contributed by atoms with Crippen molar-refractivity contribution in [2.75, 3.05) is 0 Å². The molecule has 4 nitrogen and oxygen atoms in total. The van der Waals surface area contributed by atoms with Gasteiger partial charge in [0.2, 0.25) is 0 Å². The van der Waals surface area contributed by atoms with Crippen molar-refractivity contribution < 1.29 is 14.3 Å². The molecule has 2 amide bonds. The Labute approximate surface area is 135 Å².